The number of nitrogens with zero attached hydrogens (tertiary/aromatic N) is 4. The van der Waals surface area contributed by atoms with Crippen LogP contribution < -0.4 is 15.8 Å². The summed E-state index contributed by atoms with van der Waals surface area (Å²) < 4.78 is 20.9. The van der Waals surface area contributed by atoms with Gasteiger partial charge in [-0.15, -0.1) is 0 Å². The van der Waals surface area contributed by atoms with Gasteiger partial charge < -0.3 is 15.8 Å². The van der Waals surface area contributed by atoms with Crippen LogP contribution >= 0.6 is 11.6 Å². The van der Waals surface area contributed by atoms with Gasteiger partial charge in [0, 0.05) is 12.1 Å². The van der Waals surface area contributed by atoms with Crippen LogP contribution in [0.3, 0.4) is 0 Å². The SMILES string of the molecule is N#Cc1cnc(Nc2cc(-c3c(O[C@@H]4CC[C@H](N)C4)ccc(Cl)c3F)[nH]n2)cn1. The molecule has 1 aromatic carbocycles. The lowest BCUT2D eigenvalue weighted by Crippen LogP contribution is -2.19. The zero-order valence-corrected chi connectivity index (χ0v) is 15.9. The van der Waals surface area contributed by atoms with E-state index in [1.54, 1.807) is 12.1 Å². The van der Waals surface area contributed by atoms with Gasteiger partial charge in [0.25, 0.3) is 0 Å². The number of hydrogen-bond acceptors (Lipinski definition) is 7. The highest BCUT2D eigenvalue weighted by molar-refractivity contribution is 6.31. The van der Waals surface area contributed by atoms with Crippen molar-refractivity contribution < 1.29 is 9.13 Å². The fourth-order valence-corrected chi connectivity index (χ4v) is 3.39. The van der Waals surface area contributed by atoms with E-state index in [9.17, 15) is 4.39 Å². The zero-order chi connectivity index (χ0) is 20.4. The minimum absolute atomic E-state index is 0.0162. The normalized spacial score (nSPS) is 18.4. The first-order valence-corrected chi connectivity index (χ1v) is 9.36. The van der Waals surface area contributed by atoms with Crippen molar-refractivity contribution in [1.82, 2.24) is 20.2 Å². The fourth-order valence-electron chi connectivity index (χ4n) is 3.24. The molecule has 1 aliphatic rings. The Labute approximate surface area is 170 Å². The third kappa shape index (κ3) is 4.13. The molecule has 10 heteroatoms. The maximum atomic E-state index is 14.9. The number of halogens is 2. The van der Waals surface area contributed by atoms with Crippen molar-refractivity contribution in [2.24, 2.45) is 5.73 Å². The van der Waals surface area contributed by atoms with Crippen LogP contribution in [0.2, 0.25) is 5.02 Å². The molecule has 148 valence electrons. The van der Waals surface area contributed by atoms with Gasteiger partial charge in [0.1, 0.15) is 23.7 Å². The topological polar surface area (TPSA) is 126 Å². The molecule has 1 saturated carbocycles. The van der Waals surface area contributed by atoms with Crippen LogP contribution in [0.4, 0.5) is 16.0 Å². The van der Waals surface area contributed by atoms with Gasteiger partial charge in [0.15, 0.2) is 17.3 Å². The molecule has 3 aromatic rings. The zero-order valence-electron chi connectivity index (χ0n) is 15.2. The second kappa shape index (κ2) is 8.03. The van der Waals surface area contributed by atoms with E-state index in [0.29, 0.717) is 23.1 Å². The smallest absolute Gasteiger partial charge is 0.158 e. The lowest BCUT2D eigenvalue weighted by atomic mass is 10.1. The fraction of sp³-hybridized carbons (Fsp3) is 0.263. The minimum Gasteiger partial charge on any atom is -0.490 e. The van der Waals surface area contributed by atoms with E-state index in [2.05, 4.69) is 25.5 Å². The molecule has 0 saturated heterocycles. The number of nitriles is 1. The number of benzene rings is 1. The number of ether oxygens (including phenoxy) is 1. The summed E-state index contributed by atoms with van der Waals surface area (Å²) in [6, 6.07) is 6.71. The van der Waals surface area contributed by atoms with Gasteiger partial charge in [-0.25, -0.2) is 14.4 Å². The molecule has 2 atom stereocenters. The Hall–Kier alpha value is -3.22. The summed E-state index contributed by atoms with van der Waals surface area (Å²) >= 11 is 6.00. The third-order valence-corrected chi connectivity index (χ3v) is 4.94. The molecule has 0 bridgehead atoms. The summed E-state index contributed by atoms with van der Waals surface area (Å²) in [5, 5.41) is 18.6. The van der Waals surface area contributed by atoms with E-state index in [0.717, 1.165) is 19.3 Å². The Kier molecular flexibility index (Phi) is 5.29. The molecule has 29 heavy (non-hydrogen) atoms. The second-order valence-electron chi connectivity index (χ2n) is 6.74. The minimum atomic E-state index is -0.597. The number of nitrogens with one attached hydrogen (secondary N) is 2. The monoisotopic (exact) mass is 413 g/mol. The number of rotatable bonds is 5. The summed E-state index contributed by atoms with van der Waals surface area (Å²) in [5.74, 6) is 0.566. The van der Waals surface area contributed by atoms with E-state index in [1.165, 1.54) is 18.5 Å². The highest BCUT2D eigenvalue weighted by atomic mass is 35.5. The highest BCUT2D eigenvalue weighted by Gasteiger charge is 2.26. The van der Waals surface area contributed by atoms with E-state index < -0.39 is 5.82 Å². The number of hydrogen-bond donors (Lipinski definition) is 3. The number of anilines is 2. The number of aromatic nitrogens is 4. The standard InChI is InChI=1S/C19H17ClFN7O/c20-13-3-4-15(29-12-2-1-10(23)5-12)18(19(13)21)14-6-16(28-27-14)26-17-9-24-11(7-22)8-25-17/h3-4,6,8-10,12H,1-2,5,23H2,(H2,25,26,27,28)/t10-,12+/m0/s1. The maximum Gasteiger partial charge on any atom is 0.158 e. The summed E-state index contributed by atoms with van der Waals surface area (Å²) in [6.07, 6.45) is 5.09. The number of aromatic amines is 1. The van der Waals surface area contributed by atoms with Crippen LogP contribution in [0, 0.1) is 17.1 Å². The molecular formula is C19H17ClFN7O. The molecule has 4 N–H and O–H groups in total. The molecule has 0 amide bonds. The van der Waals surface area contributed by atoms with Crippen LogP contribution in [0.1, 0.15) is 25.0 Å². The molecule has 0 spiro atoms. The van der Waals surface area contributed by atoms with Gasteiger partial charge >= 0.3 is 0 Å². The Balaban J connectivity index is 1.60. The molecule has 8 nitrogen and oxygen atoms in total. The van der Waals surface area contributed by atoms with Crippen molar-refractivity contribution in [3.8, 4) is 23.1 Å². The molecule has 0 radical (unpaired) electrons. The first kappa shape index (κ1) is 19.1. The average molecular weight is 414 g/mol. The van der Waals surface area contributed by atoms with Gasteiger partial charge in [0.2, 0.25) is 0 Å². The first-order chi connectivity index (χ1) is 14.0. The Morgan fingerprint density at radius 1 is 1.28 bits per heavy atom. The third-order valence-electron chi connectivity index (χ3n) is 4.65. The molecule has 4 rings (SSSR count). The predicted molar refractivity (Wildman–Crippen MR) is 105 cm³/mol. The van der Waals surface area contributed by atoms with E-state index >= 15 is 0 Å². The summed E-state index contributed by atoms with van der Waals surface area (Å²) in [7, 11) is 0. The van der Waals surface area contributed by atoms with Gasteiger partial charge in [0.05, 0.1) is 28.7 Å². The number of H-pyrrole nitrogens is 1. The van der Waals surface area contributed by atoms with Crippen LogP contribution in [0.25, 0.3) is 11.3 Å². The Morgan fingerprint density at radius 3 is 2.83 bits per heavy atom. The van der Waals surface area contributed by atoms with E-state index in [1.807, 2.05) is 6.07 Å². The maximum absolute atomic E-state index is 14.9. The van der Waals surface area contributed by atoms with E-state index in [-0.39, 0.29) is 28.4 Å². The van der Waals surface area contributed by atoms with Crippen LogP contribution in [0.5, 0.6) is 5.75 Å². The largest absolute Gasteiger partial charge is 0.490 e. The van der Waals surface area contributed by atoms with Crippen molar-refractivity contribution >= 4 is 23.2 Å². The van der Waals surface area contributed by atoms with Crippen molar-refractivity contribution in [2.45, 2.75) is 31.4 Å². The summed E-state index contributed by atoms with van der Waals surface area (Å²) in [4.78, 5) is 8.00. The number of nitrogens with two attached hydrogens (primary N) is 1. The lowest BCUT2D eigenvalue weighted by molar-refractivity contribution is 0.208. The van der Waals surface area contributed by atoms with Crippen molar-refractivity contribution in [3.05, 3.63) is 47.1 Å². The Morgan fingerprint density at radius 2 is 2.14 bits per heavy atom. The molecule has 2 aromatic heterocycles. The highest BCUT2D eigenvalue weighted by Crippen LogP contribution is 2.38. The predicted octanol–water partition coefficient (Wildman–Crippen LogP) is 3.53. The molecule has 0 unspecified atom stereocenters. The van der Waals surface area contributed by atoms with Crippen LogP contribution in [0.15, 0.2) is 30.6 Å². The van der Waals surface area contributed by atoms with Gasteiger partial charge in [-0.05, 0) is 31.4 Å². The van der Waals surface area contributed by atoms with E-state index in [4.69, 9.17) is 27.3 Å². The van der Waals surface area contributed by atoms with Crippen LogP contribution in [-0.4, -0.2) is 32.3 Å². The van der Waals surface area contributed by atoms with Gasteiger partial charge in [-0.1, -0.05) is 11.6 Å². The molecule has 0 aliphatic heterocycles. The average Bonchev–Trinajstić information content (AvgIpc) is 3.34. The Bertz CT molecular complexity index is 1060. The second-order valence-corrected chi connectivity index (χ2v) is 7.15. The molecule has 1 aliphatic carbocycles. The van der Waals surface area contributed by atoms with Crippen molar-refractivity contribution in [3.63, 3.8) is 0 Å². The first-order valence-electron chi connectivity index (χ1n) is 8.98. The molecule has 1 fully saturated rings. The van der Waals surface area contributed by atoms with Crippen molar-refractivity contribution in [2.75, 3.05) is 5.32 Å². The van der Waals surface area contributed by atoms with Crippen molar-refractivity contribution in [1.29, 1.82) is 5.26 Å². The van der Waals surface area contributed by atoms with Crippen LogP contribution in [-0.2, 0) is 0 Å². The quantitative estimate of drug-likeness (QED) is 0.584. The van der Waals surface area contributed by atoms with Gasteiger partial charge in [-0.2, -0.15) is 10.4 Å². The summed E-state index contributed by atoms with van der Waals surface area (Å²) in [6.45, 7) is 0. The molecule has 2 heterocycles. The summed E-state index contributed by atoms with van der Waals surface area (Å²) in [5.41, 5.74) is 6.74. The van der Waals surface area contributed by atoms with Gasteiger partial charge in [-0.3, -0.25) is 5.10 Å². The molecular weight excluding hydrogens is 397 g/mol. The lowest BCUT2D eigenvalue weighted by Gasteiger charge is -2.17.